The summed E-state index contributed by atoms with van der Waals surface area (Å²) in [7, 11) is 0. The number of aliphatic hydroxyl groups is 3. The molecule has 4 N–H and O–H groups in total. The molecule has 0 spiro atoms. The van der Waals surface area contributed by atoms with Gasteiger partial charge in [-0.15, -0.1) is 0 Å². The zero-order chi connectivity index (χ0) is 16.6. The van der Waals surface area contributed by atoms with Crippen LogP contribution in [-0.2, 0) is 4.74 Å². The van der Waals surface area contributed by atoms with Crippen molar-refractivity contribution in [2.24, 2.45) is 0 Å². The van der Waals surface area contributed by atoms with Gasteiger partial charge in [0.05, 0.1) is 12.3 Å². The monoisotopic (exact) mass is 320 g/mol. The second-order valence-electron chi connectivity index (χ2n) is 5.29. The summed E-state index contributed by atoms with van der Waals surface area (Å²) in [4.78, 5) is 26.0. The van der Waals surface area contributed by atoms with E-state index in [0.29, 0.717) is 5.56 Å². The smallest absolute Gasteiger partial charge is 0.331 e. The fourth-order valence-electron chi connectivity index (χ4n) is 2.68. The maximum absolute atomic E-state index is 12.2. The number of aliphatic hydroxyl groups excluding tert-OH is 3. The molecule has 8 heteroatoms. The van der Waals surface area contributed by atoms with Gasteiger partial charge in [0.25, 0.3) is 5.56 Å². The molecule has 23 heavy (non-hydrogen) atoms. The number of hydrogen-bond donors (Lipinski definition) is 4. The average molecular weight is 320 g/mol. The Hall–Kier alpha value is -2.26. The topological polar surface area (TPSA) is 125 Å². The van der Waals surface area contributed by atoms with E-state index in [1.54, 1.807) is 30.3 Å². The van der Waals surface area contributed by atoms with E-state index in [2.05, 4.69) is 4.98 Å². The molecule has 8 nitrogen and oxygen atoms in total. The quantitative estimate of drug-likeness (QED) is 0.564. The summed E-state index contributed by atoms with van der Waals surface area (Å²) in [5, 5.41) is 29.2. The summed E-state index contributed by atoms with van der Waals surface area (Å²) < 4.78 is 6.46. The molecule has 2 aromatic rings. The Labute approximate surface area is 130 Å². The zero-order valence-electron chi connectivity index (χ0n) is 12.0. The van der Waals surface area contributed by atoms with Crippen LogP contribution < -0.4 is 11.2 Å². The highest BCUT2D eigenvalue weighted by molar-refractivity contribution is 5.59. The molecule has 0 bridgehead atoms. The fourth-order valence-corrected chi connectivity index (χ4v) is 2.68. The molecule has 1 aromatic carbocycles. The summed E-state index contributed by atoms with van der Waals surface area (Å²) in [5.74, 6) is 0. The minimum Gasteiger partial charge on any atom is -0.394 e. The van der Waals surface area contributed by atoms with Crippen LogP contribution in [0.4, 0.5) is 0 Å². The second-order valence-corrected chi connectivity index (χ2v) is 5.29. The molecule has 0 aliphatic carbocycles. The number of hydrogen-bond acceptors (Lipinski definition) is 6. The third-order valence-electron chi connectivity index (χ3n) is 3.82. The Kier molecular flexibility index (Phi) is 4.14. The first-order chi connectivity index (χ1) is 11.0. The van der Waals surface area contributed by atoms with Crippen molar-refractivity contribution in [3.8, 4) is 11.3 Å². The molecule has 1 aliphatic heterocycles. The van der Waals surface area contributed by atoms with Gasteiger partial charge in [-0.25, -0.2) is 4.79 Å². The van der Waals surface area contributed by atoms with Crippen LogP contribution in [0.25, 0.3) is 11.3 Å². The third kappa shape index (κ3) is 2.73. The number of nitrogens with one attached hydrogen (secondary N) is 1. The van der Waals surface area contributed by atoms with E-state index in [9.17, 15) is 24.9 Å². The van der Waals surface area contributed by atoms with E-state index in [4.69, 9.17) is 4.74 Å². The van der Waals surface area contributed by atoms with Crippen LogP contribution in [0.2, 0.25) is 0 Å². The molecular weight excluding hydrogens is 304 g/mol. The summed E-state index contributed by atoms with van der Waals surface area (Å²) >= 11 is 0. The first-order valence-corrected chi connectivity index (χ1v) is 7.06. The molecule has 4 atom stereocenters. The Morgan fingerprint density at radius 3 is 2.43 bits per heavy atom. The summed E-state index contributed by atoms with van der Waals surface area (Å²) in [5.41, 5.74) is -0.536. The predicted molar refractivity (Wildman–Crippen MR) is 79.8 cm³/mol. The van der Waals surface area contributed by atoms with Crippen LogP contribution in [0, 0.1) is 0 Å². The van der Waals surface area contributed by atoms with Gasteiger partial charge in [-0.2, -0.15) is 0 Å². The second kappa shape index (κ2) is 6.09. The van der Waals surface area contributed by atoms with Gasteiger partial charge in [0.2, 0.25) is 0 Å². The van der Waals surface area contributed by atoms with Gasteiger partial charge in [-0.3, -0.25) is 14.3 Å². The van der Waals surface area contributed by atoms with E-state index in [1.165, 1.54) is 6.07 Å². The SMILES string of the molecule is O=c1cc(-c2ccccc2)n([C@@H]2O[C@H](CO)[C@@H](O)[C@H]2O)c(=O)[nH]1. The van der Waals surface area contributed by atoms with Gasteiger partial charge < -0.3 is 20.1 Å². The molecule has 1 aliphatic rings. The van der Waals surface area contributed by atoms with E-state index >= 15 is 0 Å². The molecule has 122 valence electrons. The molecule has 2 heterocycles. The molecule has 0 amide bonds. The highest BCUT2D eigenvalue weighted by Crippen LogP contribution is 2.31. The van der Waals surface area contributed by atoms with Gasteiger partial charge in [0.15, 0.2) is 6.23 Å². The molecular formula is C15H16N2O6. The minimum absolute atomic E-state index is 0.245. The first kappa shape index (κ1) is 15.6. The number of rotatable bonds is 3. The largest absolute Gasteiger partial charge is 0.394 e. The van der Waals surface area contributed by atoms with E-state index in [1.807, 2.05) is 0 Å². The molecule has 1 aromatic heterocycles. The maximum atomic E-state index is 12.2. The Balaban J connectivity index is 2.17. The van der Waals surface area contributed by atoms with Gasteiger partial charge in [0.1, 0.15) is 18.3 Å². The van der Waals surface area contributed by atoms with E-state index in [0.717, 1.165) is 4.57 Å². The van der Waals surface area contributed by atoms with Gasteiger partial charge in [-0.1, -0.05) is 30.3 Å². The Morgan fingerprint density at radius 1 is 1.13 bits per heavy atom. The molecule has 3 rings (SSSR count). The lowest BCUT2D eigenvalue weighted by Gasteiger charge is -2.21. The van der Waals surface area contributed by atoms with Crippen molar-refractivity contribution in [3.05, 3.63) is 57.2 Å². The van der Waals surface area contributed by atoms with Crippen LogP contribution in [0.15, 0.2) is 46.0 Å². The number of ether oxygens (including phenoxy) is 1. The lowest BCUT2D eigenvalue weighted by atomic mass is 10.1. The van der Waals surface area contributed by atoms with Crippen LogP contribution in [-0.4, -0.2) is 49.8 Å². The number of H-pyrrole nitrogens is 1. The zero-order valence-corrected chi connectivity index (χ0v) is 12.0. The van der Waals surface area contributed by atoms with Gasteiger partial charge in [0, 0.05) is 6.07 Å². The van der Waals surface area contributed by atoms with E-state index in [-0.39, 0.29) is 5.69 Å². The molecule has 0 unspecified atom stereocenters. The molecule has 1 fully saturated rings. The number of aromatic amines is 1. The summed E-state index contributed by atoms with van der Waals surface area (Å²) in [6, 6.07) is 9.88. The number of aromatic nitrogens is 2. The highest BCUT2D eigenvalue weighted by Gasteiger charge is 2.44. The lowest BCUT2D eigenvalue weighted by Crippen LogP contribution is -2.38. The van der Waals surface area contributed by atoms with Crippen LogP contribution in [0.5, 0.6) is 0 Å². The van der Waals surface area contributed by atoms with Gasteiger partial charge in [-0.05, 0) is 5.56 Å². The molecule has 0 radical (unpaired) electrons. The van der Waals surface area contributed by atoms with Crippen molar-refractivity contribution >= 4 is 0 Å². The van der Waals surface area contributed by atoms with Crippen LogP contribution in [0.3, 0.4) is 0 Å². The van der Waals surface area contributed by atoms with Crippen LogP contribution in [0.1, 0.15) is 6.23 Å². The Bertz CT molecular complexity index is 800. The lowest BCUT2D eigenvalue weighted by molar-refractivity contribution is -0.0541. The van der Waals surface area contributed by atoms with Crippen molar-refractivity contribution in [1.82, 2.24) is 9.55 Å². The molecule has 1 saturated heterocycles. The summed E-state index contributed by atoms with van der Waals surface area (Å²) in [6.07, 6.45) is -5.00. The third-order valence-corrected chi connectivity index (χ3v) is 3.82. The van der Waals surface area contributed by atoms with Gasteiger partial charge >= 0.3 is 5.69 Å². The van der Waals surface area contributed by atoms with Crippen molar-refractivity contribution in [2.45, 2.75) is 24.5 Å². The fraction of sp³-hybridized carbons (Fsp3) is 0.333. The van der Waals surface area contributed by atoms with Crippen molar-refractivity contribution in [1.29, 1.82) is 0 Å². The van der Waals surface area contributed by atoms with Crippen molar-refractivity contribution < 1.29 is 20.1 Å². The minimum atomic E-state index is -1.42. The van der Waals surface area contributed by atoms with E-state index < -0.39 is 42.4 Å². The van der Waals surface area contributed by atoms with Crippen molar-refractivity contribution in [3.63, 3.8) is 0 Å². The molecule has 0 saturated carbocycles. The van der Waals surface area contributed by atoms with Crippen molar-refractivity contribution in [2.75, 3.05) is 6.61 Å². The normalized spacial score (nSPS) is 27.3. The number of benzene rings is 1. The van der Waals surface area contributed by atoms with Crippen LogP contribution >= 0.6 is 0 Å². The summed E-state index contributed by atoms with van der Waals surface area (Å²) in [6.45, 7) is -0.506. The standard InChI is InChI=1S/C15H16N2O6/c18-7-10-12(20)13(21)14(23-10)17-9(6-11(19)16-15(17)22)8-4-2-1-3-5-8/h1-6,10,12-14,18,20-21H,7H2,(H,16,19,22)/t10-,12-,13-,14-/m1/s1. The first-order valence-electron chi connectivity index (χ1n) is 7.06. The average Bonchev–Trinajstić information content (AvgIpc) is 2.83. The Morgan fingerprint density at radius 2 is 1.83 bits per heavy atom. The maximum Gasteiger partial charge on any atom is 0.331 e. The number of nitrogens with zero attached hydrogens (tertiary/aromatic N) is 1. The predicted octanol–water partition coefficient (Wildman–Crippen LogP) is -1.18. The highest BCUT2D eigenvalue weighted by atomic mass is 16.6.